The zero-order chi connectivity index (χ0) is 13.2. The molecule has 0 fully saturated rings. The molecule has 0 spiro atoms. The molecule has 1 rings (SSSR count). The van der Waals surface area contributed by atoms with E-state index in [4.69, 9.17) is 5.26 Å². The standard InChI is InChI=1S/C10H5BrF3NO2/c1-17-9(16)7-5(4-15)2-3-6(11)8(7)10(12,13)14/h2-3H,1H3. The molecule has 90 valence electrons. The number of esters is 1. The van der Waals surface area contributed by atoms with Gasteiger partial charge in [0.25, 0.3) is 0 Å². The van der Waals surface area contributed by atoms with Gasteiger partial charge in [-0.05, 0) is 12.1 Å². The summed E-state index contributed by atoms with van der Waals surface area (Å²) in [7, 11) is 0.949. The van der Waals surface area contributed by atoms with Crippen LogP contribution in [0.25, 0.3) is 0 Å². The molecule has 0 unspecified atom stereocenters. The lowest BCUT2D eigenvalue weighted by molar-refractivity contribution is -0.138. The molecule has 1 aromatic rings. The highest BCUT2D eigenvalue weighted by Gasteiger charge is 2.39. The number of benzene rings is 1. The Labute approximate surface area is 103 Å². The van der Waals surface area contributed by atoms with E-state index in [9.17, 15) is 18.0 Å². The quantitative estimate of drug-likeness (QED) is 0.749. The first kappa shape index (κ1) is 13.5. The van der Waals surface area contributed by atoms with Gasteiger partial charge in [0.1, 0.15) is 6.07 Å². The average Bonchev–Trinajstić information content (AvgIpc) is 2.25. The van der Waals surface area contributed by atoms with Crippen LogP contribution in [0.15, 0.2) is 16.6 Å². The summed E-state index contributed by atoms with van der Waals surface area (Å²) in [6.45, 7) is 0. The van der Waals surface area contributed by atoms with Crippen LogP contribution in [0.5, 0.6) is 0 Å². The number of ether oxygens (including phenoxy) is 1. The molecule has 0 saturated carbocycles. The molecule has 7 heteroatoms. The first-order valence-corrected chi connectivity index (χ1v) is 5.00. The first-order valence-electron chi connectivity index (χ1n) is 4.21. The van der Waals surface area contributed by atoms with Crippen molar-refractivity contribution in [2.75, 3.05) is 7.11 Å². The van der Waals surface area contributed by atoms with Crippen LogP contribution in [0.1, 0.15) is 21.5 Å². The van der Waals surface area contributed by atoms with Crippen LogP contribution in [0.3, 0.4) is 0 Å². The average molecular weight is 308 g/mol. The van der Waals surface area contributed by atoms with Crippen molar-refractivity contribution in [3.63, 3.8) is 0 Å². The molecule has 0 radical (unpaired) electrons. The van der Waals surface area contributed by atoms with E-state index in [1.54, 1.807) is 0 Å². The lowest BCUT2D eigenvalue weighted by Gasteiger charge is -2.14. The number of rotatable bonds is 1. The molecule has 0 bridgehead atoms. The highest BCUT2D eigenvalue weighted by atomic mass is 79.9. The molecule has 0 heterocycles. The Kier molecular flexibility index (Phi) is 3.78. The van der Waals surface area contributed by atoms with Crippen molar-refractivity contribution in [2.45, 2.75) is 6.18 Å². The van der Waals surface area contributed by atoms with Gasteiger partial charge in [-0.3, -0.25) is 0 Å². The zero-order valence-electron chi connectivity index (χ0n) is 8.43. The highest BCUT2D eigenvalue weighted by Crippen LogP contribution is 2.38. The zero-order valence-corrected chi connectivity index (χ0v) is 10.0. The maximum absolute atomic E-state index is 12.8. The predicted molar refractivity (Wildman–Crippen MR) is 55.2 cm³/mol. The topological polar surface area (TPSA) is 50.1 Å². The summed E-state index contributed by atoms with van der Waals surface area (Å²) in [5, 5.41) is 8.70. The number of nitrogens with zero attached hydrogens (tertiary/aromatic N) is 1. The van der Waals surface area contributed by atoms with Gasteiger partial charge in [-0.1, -0.05) is 15.9 Å². The second kappa shape index (κ2) is 4.75. The van der Waals surface area contributed by atoms with Crippen molar-refractivity contribution < 1.29 is 22.7 Å². The van der Waals surface area contributed by atoms with E-state index in [0.29, 0.717) is 0 Å². The molecule has 0 N–H and O–H groups in total. The van der Waals surface area contributed by atoms with Gasteiger partial charge >= 0.3 is 12.1 Å². The predicted octanol–water partition coefficient (Wildman–Crippen LogP) is 3.13. The number of hydrogen-bond donors (Lipinski definition) is 0. The van der Waals surface area contributed by atoms with Gasteiger partial charge in [0.15, 0.2) is 0 Å². The largest absolute Gasteiger partial charge is 0.465 e. The minimum Gasteiger partial charge on any atom is -0.465 e. The van der Waals surface area contributed by atoms with Gasteiger partial charge in [-0.2, -0.15) is 18.4 Å². The summed E-state index contributed by atoms with van der Waals surface area (Å²) in [5.74, 6) is -1.20. The summed E-state index contributed by atoms with van der Waals surface area (Å²) in [5.41, 5.74) is -2.37. The Morgan fingerprint density at radius 1 is 1.47 bits per heavy atom. The van der Waals surface area contributed by atoms with Crippen LogP contribution in [-0.2, 0) is 10.9 Å². The van der Waals surface area contributed by atoms with Crippen LogP contribution in [0, 0.1) is 11.3 Å². The van der Waals surface area contributed by atoms with E-state index in [1.165, 1.54) is 6.07 Å². The van der Waals surface area contributed by atoms with Crippen molar-refractivity contribution in [1.29, 1.82) is 5.26 Å². The Hall–Kier alpha value is -1.55. The molecule has 0 aromatic heterocycles. The number of halogens is 4. The van der Waals surface area contributed by atoms with Gasteiger partial charge < -0.3 is 4.74 Å². The van der Waals surface area contributed by atoms with E-state index in [0.717, 1.165) is 19.2 Å². The van der Waals surface area contributed by atoms with E-state index in [1.807, 2.05) is 0 Å². The summed E-state index contributed by atoms with van der Waals surface area (Å²) in [6, 6.07) is 3.71. The van der Waals surface area contributed by atoms with Crippen LogP contribution < -0.4 is 0 Å². The summed E-state index contributed by atoms with van der Waals surface area (Å²) >= 11 is 2.71. The maximum atomic E-state index is 12.8. The second-order valence-electron chi connectivity index (χ2n) is 2.95. The number of alkyl halides is 3. The Balaban J connectivity index is 3.67. The van der Waals surface area contributed by atoms with Gasteiger partial charge in [0.05, 0.1) is 23.8 Å². The van der Waals surface area contributed by atoms with Gasteiger partial charge in [0.2, 0.25) is 0 Å². The smallest absolute Gasteiger partial charge is 0.418 e. The molecule has 0 aliphatic rings. The Morgan fingerprint density at radius 3 is 2.47 bits per heavy atom. The number of carbonyl (C=O) groups excluding carboxylic acids is 1. The molecule has 0 atom stereocenters. The lowest BCUT2D eigenvalue weighted by atomic mass is 10.0. The van der Waals surface area contributed by atoms with Crippen molar-refractivity contribution >= 4 is 21.9 Å². The van der Waals surface area contributed by atoms with Crippen LogP contribution >= 0.6 is 15.9 Å². The van der Waals surface area contributed by atoms with E-state index in [2.05, 4.69) is 20.7 Å². The normalized spacial score (nSPS) is 10.8. The third-order valence-corrected chi connectivity index (χ3v) is 2.61. The monoisotopic (exact) mass is 307 g/mol. The molecular weight excluding hydrogens is 303 g/mol. The van der Waals surface area contributed by atoms with Gasteiger partial charge in [-0.25, -0.2) is 4.79 Å². The fourth-order valence-electron chi connectivity index (χ4n) is 1.26. The minimum absolute atomic E-state index is 0.315. The third kappa shape index (κ3) is 2.58. The van der Waals surface area contributed by atoms with E-state index < -0.39 is 23.3 Å². The second-order valence-corrected chi connectivity index (χ2v) is 3.80. The lowest BCUT2D eigenvalue weighted by Crippen LogP contribution is -2.16. The van der Waals surface area contributed by atoms with Crippen molar-refractivity contribution in [1.82, 2.24) is 0 Å². The third-order valence-electron chi connectivity index (χ3n) is 1.95. The maximum Gasteiger partial charge on any atom is 0.418 e. The molecule has 1 aromatic carbocycles. The van der Waals surface area contributed by atoms with Gasteiger partial charge in [-0.15, -0.1) is 0 Å². The van der Waals surface area contributed by atoms with Crippen LogP contribution in [-0.4, -0.2) is 13.1 Å². The molecule has 0 amide bonds. The molecule has 17 heavy (non-hydrogen) atoms. The summed E-state index contributed by atoms with van der Waals surface area (Å²) in [4.78, 5) is 11.3. The van der Waals surface area contributed by atoms with Crippen LogP contribution in [0.4, 0.5) is 13.2 Å². The number of hydrogen-bond acceptors (Lipinski definition) is 3. The van der Waals surface area contributed by atoms with E-state index >= 15 is 0 Å². The number of nitriles is 1. The van der Waals surface area contributed by atoms with Crippen molar-refractivity contribution in [3.8, 4) is 6.07 Å². The minimum atomic E-state index is -4.75. The first-order chi connectivity index (χ1) is 7.82. The summed E-state index contributed by atoms with van der Waals surface area (Å²) < 4.78 is 42.3. The molecule has 3 nitrogen and oxygen atoms in total. The van der Waals surface area contributed by atoms with Crippen LogP contribution in [0.2, 0.25) is 0 Å². The summed E-state index contributed by atoms with van der Waals surface area (Å²) in [6.07, 6.45) is -4.75. The van der Waals surface area contributed by atoms with E-state index in [-0.39, 0.29) is 10.0 Å². The number of carbonyl (C=O) groups is 1. The number of methoxy groups -OCH3 is 1. The molecule has 0 aliphatic carbocycles. The van der Waals surface area contributed by atoms with Gasteiger partial charge in [0, 0.05) is 4.47 Å². The fourth-order valence-corrected chi connectivity index (χ4v) is 1.82. The van der Waals surface area contributed by atoms with Crippen molar-refractivity contribution in [2.24, 2.45) is 0 Å². The Morgan fingerprint density at radius 2 is 2.06 bits per heavy atom. The molecular formula is C10H5BrF3NO2. The fraction of sp³-hybridized carbons (Fsp3) is 0.200. The molecule has 0 aliphatic heterocycles. The molecule has 0 saturated heterocycles. The SMILES string of the molecule is COC(=O)c1c(C#N)ccc(Br)c1C(F)(F)F. The highest BCUT2D eigenvalue weighted by molar-refractivity contribution is 9.10. The Bertz CT molecular complexity index is 505. The van der Waals surface area contributed by atoms with Crippen molar-refractivity contribution in [3.05, 3.63) is 33.3 Å².